The van der Waals surface area contributed by atoms with Crippen molar-refractivity contribution in [2.24, 2.45) is 5.92 Å². The highest BCUT2D eigenvalue weighted by atomic mass is 16.5. The summed E-state index contributed by atoms with van der Waals surface area (Å²) in [6.07, 6.45) is 3.42. The van der Waals surface area contributed by atoms with Crippen molar-refractivity contribution in [3.8, 4) is 5.75 Å². The summed E-state index contributed by atoms with van der Waals surface area (Å²) in [6.45, 7) is 2.10. The molecule has 1 N–H and O–H groups in total. The van der Waals surface area contributed by atoms with Gasteiger partial charge in [0.15, 0.2) is 0 Å². The molecule has 0 bridgehead atoms. The second-order valence-corrected chi connectivity index (χ2v) is 6.07. The van der Waals surface area contributed by atoms with Crippen LogP contribution in [0.5, 0.6) is 5.75 Å². The molecule has 0 radical (unpaired) electrons. The Hall–Kier alpha value is -2.04. The molecule has 0 saturated carbocycles. The first-order valence-electron chi connectivity index (χ1n) is 7.97. The third-order valence-corrected chi connectivity index (χ3v) is 4.30. The van der Waals surface area contributed by atoms with Crippen molar-refractivity contribution >= 4 is 11.8 Å². The minimum Gasteiger partial charge on any atom is -0.493 e. The lowest BCUT2D eigenvalue weighted by Crippen LogP contribution is -2.44. The highest BCUT2D eigenvalue weighted by Crippen LogP contribution is 2.26. The molecule has 2 heterocycles. The van der Waals surface area contributed by atoms with E-state index in [0.29, 0.717) is 26.1 Å². The van der Waals surface area contributed by atoms with Gasteiger partial charge in [-0.1, -0.05) is 18.2 Å². The maximum atomic E-state index is 12.0. The molecule has 1 aromatic rings. The number of para-hydroxylation sites is 1. The summed E-state index contributed by atoms with van der Waals surface area (Å²) < 4.78 is 5.72. The minimum absolute atomic E-state index is 0.0749. The fourth-order valence-corrected chi connectivity index (χ4v) is 3.04. The van der Waals surface area contributed by atoms with Gasteiger partial charge in [-0.05, 0) is 30.9 Å². The summed E-state index contributed by atoms with van der Waals surface area (Å²) in [4.78, 5) is 25.4. The van der Waals surface area contributed by atoms with Crippen molar-refractivity contribution in [1.29, 1.82) is 0 Å². The van der Waals surface area contributed by atoms with Crippen LogP contribution >= 0.6 is 0 Å². The van der Waals surface area contributed by atoms with E-state index < -0.39 is 0 Å². The van der Waals surface area contributed by atoms with Crippen LogP contribution < -0.4 is 10.1 Å². The van der Waals surface area contributed by atoms with Crippen molar-refractivity contribution in [3.63, 3.8) is 0 Å². The Morgan fingerprint density at radius 1 is 1.32 bits per heavy atom. The highest BCUT2D eigenvalue weighted by Gasteiger charge is 2.22. The quantitative estimate of drug-likeness (QED) is 0.914. The molecule has 0 aliphatic carbocycles. The van der Waals surface area contributed by atoms with Crippen LogP contribution in [0.1, 0.15) is 24.8 Å². The van der Waals surface area contributed by atoms with Crippen molar-refractivity contribution in [3.05, 3.63) is 29.8 Å². The second-order valence-electron chi connectivity index (χ2n) is 6.07. The summed E-state index contributed by atoms with van der Waals surface area (Å²) >= 11 is 0. The molecule has 1 fully saturated rings. The lowest BCUT2D eigenvalue weighted by atomic mass is 9.97. The first-order valence-corrected chi connectivity index (χ1v) is 7.97. The standard InChI is InChI=1S/C17H22N2O3/c20-16(11-19-8-4-3-7-17(19)21)18-10-13-9-14-5-1-2-6-15(14)22-12-13/h1-2,5-6,13H,3-4,7-12H2,(H,18,20)/t13-/m1/s1. The Bertz CT molecular complexity index is 559. The van der Waals surface area contributed by atoms with Gasteiger partial charge in [-0.3, -0.25) is 9.59 Å². The molecule has 2 amide bonds. The van der Waals surface area contributed by atoms with E-state index in [9.17, 15) is 9.59 Å². The van der Waals surface area contributed by atoms with E-state index in [2.05, 4.69) is 11.4 Å². The smallest absolute Gasteiger partial charge is 0.239 e. The molecule has 118 valence electrons. The summed E-state index contributed by atoms with van der Waals surface area (Å²) in [5.74, 6) is 1.25. The Balaban J connectivity index is 1.45. The van der Waals surface area contributed by atoms with Crippen molar-refractivity contribution < 1.29 is 14.3 Å². The molecule has 2 aliphatic heterocycles. The van der Waals surface area contributed by atoms with Gasteiger partial charge >= 0.3 is 0 Å². The van der Waals surface area contributed by atoms with Crippen molar-refractivity contribution in [2.75, 3.05) is 26.2 Å². The van der Waals surface area contributed by atoms with Crippen LogP contribution in [0.15, 0.2) is 24.3 Å². The Labute approximate surface area is 130 Å². The van der Waals surface area contributed by atoms with Gasteiger partial charge in [0.1, 0.15) is 5.75 Å². The molecule has 3 rings (SSSR count). The van der Waals surface area contributed by atoms with Gasteiger partial charge in [0.2, 0.25) is 11.8 Å². The fourth-order valence-electron chi connectivity index (χ4n) is 3.04. The normalized spacial score (nSPS) is 21.0. The van der Waals surface area contributed by atoms with Crippen LogP contribution in [-0.2, 0) is 16.0 Å². The molecular weight excluding hydrogens is 280 g/mol. The number of hydrogen-bond acceptors (Lipinski definition) is 3. The Morgan fingerprint density at radius 3 is 3.05 bits per heavy atom. The largest absolute Gasteiger partial charge is 0.493 e. The first kappa shape index (κ1) is 14.9. The molecule has 0 spiro atoms. The number of nitrogens with zero attached hydrogens (tertiary/aromatic N) is 1. The summed E-state index contributed by atoms with van der Waals surface area (Å²) in [6, 6.07) is 8.02. The third-order valence-electron chi connectivity index (χ3n) is 4.30. The molecule has 0 aromatic heterocycles. The average Bonchev–Trinajstić information content (AvgIpc) is 2.55. The number of rotatable bonds is 4. The van der Waals surface area contributed by atoms with Crippen LogP contribution in [0.3, 0.4) is 0 Å². The SMILES string of the molecule is O=C(CN1CCCCC1=O)NC[C@@H]1COc2ccccc2C1. The topological polar surface area (TPSA) is 58.6 Å². The predicted octanol–water partition coefficient (Wildman–Crippen LogP) is 1.37. The maximum Gasteiger partial charge on any atom is 0.239 e. The van der Waals surface area contributed by atoms with Gasteiger partial charge in [0.05, 0.1) is 13.2 Å². The number of piperidine rings is 1. The maximum absolute atomic E-state index is 12.0. The summed E-state index contributed by atoms with van der Waals surface area (Å²) in [5, 5.41) is 2.94. The number of nitrogens with one attached hydrogen (secondary N) is 1. The number of ether oxygens (including phenoxy) is 1. The summed E-state index contributed by atoms with van der Waals surface area (Å²) in [7, 11) is 0. The van der Waals surface area contributed by atoms with Crippen LogP contribution in [-0.4, -0.2) is 43.0 Å². The van der Waals surface area contributed by atoms with E-state index in [1.165, 1.54) is 5.56 Å². The highest BCUT2D eigenvalue weighted by molar-refractivity contribution is 5.85. The van der Waals surface area contributed by atoms with Crippen LogP contribution in [0.4, 0.5) is 0 Å². The number of amides is 2. The Kier molecular flexibility index (Phi) is 4.61. The van der Waals surface area contributed by atoms with E-state index in [4.69, 9.17) is 4.74 Å². The van der Waals surface area contributed by atoms with E-state index in [1.807, 2.05) is 18.2 Å². The zero-order valence-corrected chi connectivity index (χ0v) is 12.7. The zero-order valence-electron chi connectivity index (χ0n) is 12.7. The van der Waals surface area contributed by atoms with Gasteiger partial charge in [0, 0.05) is 25.4 Å². The lowest BCUT2D eigenvalue weighted by molar-refractivity contribution is -0.137. The second kappa shape index (κ2) is 6.81. The van der Waals surface area contributed by atoms with Crippen LogP contribution in [0, 0.1) is 5.92 Å². The number of likely N-dealkylation sites (tertiary alicyclic amines) is 1. The predicted molar refractivity (Wildman–Crippen MR) is 82.6 cm³/mol. The molecule has 5 nitrogen and oxygen atoms in total. The molecule has 2 aliphatic rings. The molecule has 1 atom stereocenters. The molecular formula is C17H22N2O3. The number of benzene rings is 1. The molecule has 22 heavy (non-hydrogen) atoms. The van der Waals surface area contributed by atoms with Gasteiger partial charge in [-0.25, -0.2) is 0 Å². The Morgan fingerprint density at radius 2 is 2.18 bits per heavy atom. The molecule has 0 unspecified atom stereocenters. The van der Waals surface area contributed by atoms with Crippen molar-refractivity contribution in [2.45, 2.75) is 25.7 Å². The molecule has 1 saturated heterocycles. The molecule has 1 aromatic carbocycles. The molecule has 5 heteroatoms. The minimum atomic E-state index is -0.0749. The number of hydrogen-bond donors (Lipinski definition) is 1. The van der Waals surface area contributed by atoms with Crippen LogP contribution in [0.2, 0.25) is 0 Å². The van der Waals surface area contributed by atoms with Crippen molar-refractivity contribution in [1.82, 2.24) is 10.2 Å². The van der Waals surface area contributed by atoms with Gasteiger partial charge < -0.3 is 15.0 Å². The van der Waals surface area contributed by atoms with Gasteiger partial charge in [-0.2, -0.15) is 0 Å². The monoisotopic (exact) mass is 302 g/mol. The third kappa shape index (κ3) is 3.59. The van der Waals surface area contributed by atoms with E-state index in [-0.39, 0.29) is 24.3 Å². The number of fused-ring (bicyclic) bond motifs is 1. The van der Waals surface area contributed by atoms with Gasteiger partial charge in [-0.15, -0.1) is 0 Å². The lowest BCUT2D eigenvalue weighted by Gasteiger charge is -2.27. The average molecular weight is 302 g/mol. The number of carbonyl (C=O) groups is 2. The fraction of sp³-hybridized carbons (Fsp3) is 0.529. The van der Waals surface area contributed by atoms with E-state index in [1.54, 1.807) is 4.90 Å². The zero-order chi connectivity index (χ0) is 15.4. The van der Waals surface area contributed by atoms with Crippen LogP contribution in [0.25, 0.3) is 0 Å². The van der Waals surface area contributed by atoms with E-state index in [0.717, 1.165) is 25.0 Å². The summed E-state index contributed by atoms with van der Waals surface area (Å²) in [5.41, 5.74) is 1.19. The first-order chi connectivity index (χ1) is 10.7. The van der Waals surface area contributed by atoms with Gasteiger partial charge in [0.25, 0.3) is 0 Å². The number of carbonyl (C=O) groups excluding carboxylic acids is 2. The van der Waals surface area contributed by atoms with E-state index >= 15 is 0 Å².